The zero-order chi connectivity index (χ0) is 29.7. The quantitative estimate of drug-likeness (QED) is 0.326. The number of hydrogen-bond acceptors (Lipinski definition) is 4. The van der Waals surface area contributed by atoms with E-state index in [-0.39, 0.29) is 34.6 Å². The molecule has 1 N–H and O–H groups in total. The van der Waals surface area contributed by atoms with Gasteiger partial charge in [-0.2, -0.15) is 0 Å². The third-order valence-corrected chi connectivity index (χ3v) is 7.74. The van der Waals surface area contributed by atoms with E-state index in [1.165, 1.54) is 23.1 Å². The standard InChI is InChI=1S/C30H35Cl2N3O4S/c1-21-10-9-13-23(16-21)19-34(27(29(37)33-30(2,3)4)17-22-11-7-6-8-12-22)28(36)20-35(40(5,38)39)26-18-24(31)14-15-25(26)32/h6-16,18,27H,17,19-20H2,1-5H3,(H,33,37)/t27-/m1/s1. The Morgan fingerprint density at radius 3 is 2.17 bits per heavy atom. The van der Waals surface area contributed by atoms with Crippen molar-refractivity contribution in [1.29, 1.82) is 0 Å². The van der Waals surface area contributed by atoms with Crippen LogP contribution in [0.3, 0.4) is 0 Å². The smallest absolute Gasteiger partial charge is 0.244 e. The third-order valence-electron chi connectivity index (χ3n) is 6.06. The summed E-state index contributed by atoms with van der Waals surface area (Å²) in [7, 11) is -3.96. The van der Waals surface area contributed by atoms with Crippen LogP contribution in [0.5, 0.6) is 0 Å². The Kier molecular flexibility index (Phi) is 10.3. The number of rotatable bonds is 10. The van der Waals surface area contributed by atoms with E-state index in [1.54, 1.807) is 0 Å². The number of hydrogen-bond donors (Lipinski definition) is 1. The van der Waals surface area contributed by atoms with Crippen molar-refractivity contribution in [2.45, 2.75) is 52.2 Å². The summed E-state index contributed by atoms with van der Waals surface area (Å²) in [6.07, 6.45) is 1.23. The van der Waals surface area contributed by atoms with E-state index in [9.17, 15) is 18.0 Å². The number of nitrogens with one attached hydrogen (secondary N) is 1. The molecular weight excluding hydrogens is 569 g/mol. The number of carbonyl (C=O) groups is 2. The largest absolute Gasteiger partial charge is 0.350 e. The van der Waals surface area contributed by atoms with Crippen LogP contribution in [0.15, 0.2) is 72.8 Å². The second kappa shape index (κ2) is 13.1. The molecule has 0 unspecified atom stereocenters. The lowest BCUT2D eigenvalue weighted by atomic mass is 10.0. The highest BCUT2D eigenvalue weighted by Crippen LogP contribution is 2.31. The number of carbonyl (C=O) groups excluding carboxylic acids is 2. The van der Waals surface area contributed by atoms with Gasteiger partial charge in [-0.25, -0.2) is 8.42 Å². The van der Waals surface area contributed by atoms with E-state index in [0.717, 1.165) is 27.3 Å². The maximum Gasteiger partial charge on any atom is 0.244 e. The van der Waals surface area contributed by atoms with Gasteiger partial charge < -0.3 is 10.2 Å². The second-order valence-electron chi connectivity index (χ2n) is 10.8. The highest BCUT2D eigenvalue weighted by molar-refractivity contribution is 7.92. The Bertz CT molecular complexity index is 1460. The van der Waals surface area contributed by atoms with Gasteiger partial charge in [-0.15, -0.1) is 0 Å². The minimum Gasteiger partial charge on any atom is -0.350 e. The fraction of sp³-hybridized carbons (Fsp3) is 0.333. The Morgan fingerprint density at radius 1 is 0.925 bits per heavy atom. The van der Waals surface area contributed by atoms with Gasteiger partial charge in [-0.05, 0) is 57.0 Å². The first-order chi connectivity index (χ1) is 18.6. The normalized spacial score (nSPS) is 12.5. The molecule has 0 fully saturated rings. The second-order valence-corrected chi connectivity index (χ2v) is 13.6. The minimum atomic E-state index is -3.96. The summed E-state index contributed by atoms with van der Waals surface area (Å²) in [6.45, 7) is 7.06. The number of amides is 2. The van der Waals surface area contributed by atoms with Gasteiger partial charge in [0.2, 0.25) is 21.8 Å². The van der Waals surface area contributed by atoms with Crippen LogP contribution in [0, 0.1) is 6.92 Å². The van der Waals surface area contributed by atoms with E-state index in [1.807, 2.05) is 82.3 Å². The Morgan fingerprint density at radius 2 is 1.57 bits per heavy atom. The van der Waals surface area contributed by atoms with Crippen LogP contribution in [-0.2, 0) is 32.6 Å². The summed E-state index contributed by atoms with van der Waals surface area (Å²) < 4.78 is 26.8. The van der Waals surface area contributed by atoms with Crippen molar-refractivity contribution in [3.05, 3.63) is 99.5 Å². The van der Waals surface area contributed by atoms with Crippen molar-refractivity contribution in [3.63, 3.8) is 0 Å². The van der Waals surface area contributed by atoms with Gasteiger partial charge in [-0.1, -0.05) is 83.4 Å². The molecule has 3 aromatic rings. The van der Waals surface area contributed by atoms with Crippen LogP contribution < -0.4 is 9.62 Å². The van der Waals surface area contributed by atoms with Crippen LogP contribution in [0.2, 0.25) is 10.0 Å². The number of aryl methyl sites for hydroxylation is 1. The van der Waals surface area contributed by atoms with Gasteiger partial charge in [0.25, 0.3) is 0 Å². The number of nitrogens with zero attached hydrogens (tertiary/aromatic N) is 2. The number of sulfonamides is 1. The van der Waals surface area contributed by atoms with Gasteiger partial charge in [-0.3, -0.25) is 13.9 Å². The van der Waals surface area contributed by atoms with Gasteiger partial charge in [0.05, 0.1) is 17.0 Å². The zero-order valence-electron chi connectivity index (χ0n) is 23.3. The molecule has 2 amide bonds. The third kappa shape index (κ3) is 8.98. The highest BCUT2D eigenvalue weighted by Gasteiger charge is 2.34. The topological polar surface area (TPSA) is 86.8 Å². The van der Waals surface area contributed by atoms with E-state index < -0.39 is 34.1 Å². The lowest BCUT2D eigenvalue weighted by Crippen LogP contribution is -2.56. The van der Waals surface area contributed by atoms with Crippen molar-refractivity contribution in [1.82, 2.24) is 10.2 Å². The van der Waals surface area contributed by atoms with Gasteiger partial charge in [0.15, 0.2) is 0 Å². The maximum absolute atomic E-state index is 14.1. The lowest BCUT2D eigenvalue weighted by molar-refractivity contribution is -0.140. The summed E-state index contributed by atoms with van der Waals surface area (Å²) in [4.78, 5) is 29.3. The first kappa shape index (κ1) is 31.5. The van der Waals surface area contributed by atoms with E-state index in [4.69, 9.17) is 23.2 Å². The van der Waals surface area contributed by atoms with Crippen molar-refractivity contribution in [2.24, 2.45) is 0 Å². The fourth-order valence-electron chi connectivity index (χ4n) is 4.29. The first-order valence-corrected chi connectivity index (χ1v) is 15.4. The SMILES string of the molecule is Cc1cccc(CN(C(=O)CN(c2cc(Cl)ccc2Cl)S(C)(=O)=O)[C@H](Cc2ccccc2)C(=O)NC(C)(C)C)c1. The molecule has 0 bridgehead atoms. The predicted octanol–water partition coefficient (Wildman–Crippen LogP) is 5.62. The molecule has 0 aliphatic heterocycles. The molecule has 0 heterocycles. The van der Waals surface area contributed by atoms with Crippen LogP contribution in [0.25, 0.3) is 0 Å². The minimum absolute atomic E-state index is 0.0827. The molecule has 1 atom stereocenters. The average Bonchev–Trinajstić information content (AvgIpc) is 2.85. The molecule has 0 aliphatic rings. The fourth-order valence-corrected chi connectivity index (χ4v) is 5.58. The molecule has 0 aromatic heterocycles. The van der Waals surface area contributed by atoms with Gasteiger partial charge in [0, 0.05) is 23.5 Å². The first-order valence-electron chi connectivity index (χ1n) is 12.8. The Labute approximate surface area is 247 Å². The van der Waals surface area contributed by atoms with Crippen LogP contribution in [0.4, 0.5) is 5.69 Å². The average molecular weight is 605 g/mol. The van der Waals surface area contributed by atoms with Crippen molar-refractivity contribution < 1.29 is 18.0 Å². The molecular formula is C30H35Cl2N3O4S. The number of anilines is 1. The molecule has 0 aliphatic carbocycles. The van der Waals surface area contributed by atoms with E-state index >= 15 is 0 Å². The lowest BCUT2D eigenvalue weighted by Gasteiger charge is -2.35. The van der Waals surface area contributed by atoms with Crippen molar-refractivity contribution >= 4 is 50.7 Å². The van der Waals surface area contributed by atoms with Crippen LogP contribution >= 0.6 is 23.2 Å². The molecule has 0 spiro atoms. The predicted molar refractivity (Wildman–Crippen MR) is 162 cm³/mol. The summed E-state index contributed by atoms with van der Waals surface area (Å²) >= 11 is 12.5. The molecule has 40 heavy (non-hydrogen) atoms. The molecule has 0 saturated carbocycles. The monoisotopic (exact) mass is 603 g/mol. The number of benzene rings is 3. The van der Waals surface area contributed by atoms with E-state index in [2.05, 4.69) is 5.32 Å². The summed E-state index contributed by atoms with van der Waals surface area (Å²) in [5, 5.41) is 3.39. The van der Waals surface area contributed by atoms with Gasteiger partial charge >= 0.3 is 0 Å². The zero-order valence-corrected chi connectivity index (χ0v) is 25.6. The Balaban J connectivity index is 2.10. The molecule has 214 valence electrons. The van der Waals surface area contributed by atoms with Crippen LogP contribution in [0.1, 0.15) is 37.5 Å². The summed E-state index contributed by atoms with van der Waals surface area (Å²) in [5.41, 5.74) is 2.18. The van der Waals surface area contributed by atoms with Crippen LogP contribution in [-0.4, -0.2) is 49.5 Å². The van der Waals surface area contributed by atoms with Gasteiger partial charge in [0.1, 0.15) is 12.6 Å². The molecule has 7 nitrogen and oxygen atoms in total. The molecule has 10 heteroatoms. The van der Waals surface area contributed by atoms with Crippen molar-refractivity contribution in [3.8, 4) is 0 Å². The molecule has 0 radical (unpaired) electrons. The maximum atomic E-state index is 14.1. The van der Waals surface area contributed by atoms with E-state index in [0.29, 0.717) is 0 Å². The Hall–Kier alpha value is -3.07. The summed E-state index contributed by atoms with van der Waals surface area (Å²) in [5.74, 6) is -0.906. The number of halogens is 2. The highest BCUT2D eigenvalue weighted by atomic mass is 35.5. The molecule has 3 aromatic carbocycles. The van der Waals surface area contributed by atoms with Crippen molar-refractivity contribution in [2.75, 3.05) is 17.1 Å². The molecule has 3 rings (SSSR count). The molecule has 0 saturated heterocycles. The summed E-state index contributed by atoms with van der Waals surface area (Å²) in [6, 6.07) is 20.5.